The molecule has 188 valence electrons. The van der Waals surface area contributed by atoms with Crippen molar-refractivity contribution in [1.82, 2.24) is 9.47 Å². The first-order valence-corrected chi connectivity index (χ1v) is 11.8. The Morgan fingerprint density at radius 3 is 2.46 bits per heavy atom. The van der Waals surface area contributed by atoms with Gasteiger partial charge in [-0.2, -0.15) is 0 Å². The minimum atomic E-state index is -0.471. The fraction of sp³-hybridized carbons (Fsp3) is 0.172. The Kier molecular flexibility index (Phi) is 6.55. The van der Waals surface area contributed by atoms with Crippen LogP contribution in [-0.4, -0.2) is 42.8 Å². The zero-order valence-corrected chi connectivity index (χ0v) is 20.8. The smallest absolute Gasteiger partial charge is 0.337 e. The molecule has 1 aliphatic heterocycles. The van der Waals surface area contributed by atoms with Crippen molar-refractivity contribution in [3.8, 4) is 17.2 Å². The molecule has 0 bridgehead atoms. The third-order valence-corrected chi connectivity index (χ3v) is 6.48. The van der Waals surface area contributed by atoms with Gasteiger partial charge >= 0.3 is 12.0 Å². The predicted octanol–water partition coefficient (Wildman–Crippen LogP) is 5.42. The van der Waals surface area contributed by atoms with E-state index in [1.54, 1.807) is 43.4 Å². The van der Waals surface area contributed by atoms with Crippen LogP contribution in [0.15, 0.2) is 85.1 Å². The van der Waals surface area contributed by atoms with Crippen molar-refractivity contribution >= 4 is 17.7 Å². The molecular weight excluding hydrogens is 470 g/mol. The van der Waals surface area contributed by atoms with Crippen LogP contribution in [0.25, 0.3) is 5.69 Å². The second-order valence-corrected chi connectivity index (χ2v) is 8.58. The summed E-state index contributed by atoms with van der Waals surface area (Å²) in [4.78, 5) is 27.7. The zero-order valence-electron chi connectivity index (χ0n) is 20.8. The number of ether oxygens (including phenoxy) is 3. The molecular formula is C29H27N3O5. The van der Waals surface area contributed by atoms with Gasteiger partial charge in [-0.3, -0.25) is 0 Å². The molecule has 1 aromatic heterocycles. The number of nitrogens with zero attached hydrogens (tertiary/aromatic N) is 2. The van der Waals surface area contributed by atoms with Gasteiger partial charge in [0.2, 0.25) is 0 Å². The van der Waals surface area contributed by atoms with Crippen molar-refractivity contribution in [2.24, 2.45) is 0 Å². The van der Waals surface area contributed by atoms with Crippen LogP contribution >= 0.6 is 0 Å². The number of esters is 1. The van der Waals surface area contributed by atoms with Crippen LogP contribution in [0.3, 0.4) is 0 Å². The van der Waals surface area contributed by atoms with Crippen molar-refractivity contribution in [1.29, 1.82) is 0 Å². The van der Waals surface area contributed by atoms with Gasteiger partial charge in [-0.05, 0) is 59.7 Å². The summed E-state index contributed by atoms with van der Waals surface area (Å²) in [5, 5.41) is 2.98. The molecule has 1 aliphatic rings. The Morgan fingerprint density at radius 2 is 1.68 bits per heavy atom. The second kappa shape index (κ2) is 10.1. The average Bonchev–Trinajstić information content (AvgIpc) is 3.36. The zero-order chi connectivity index (χ0) is 25.9. The lowest BCUT2D eigenvalue weighted by molar-refractivity contribution is 0.0600. The molecule has 1 N–H and O–H groups in total. The lowest BCUT2D eigenvalue weighted by Gasteiger charge is -2.31. The summed E-state index contributed by atoms with van der Waals surface area (Å²) in [6.07, 6.45) is 2.00. The Labute approximate surface area is 215 Å². The van der Waals surface area contributed by atoms with Gasteiger partial charge in [0, 0.05) is 17.6 Å². The molecule has 0 spiro atoms. The molecule has 2 amide bonds. The normalized spacial score (nSPS) is 14.1. The highest BCUT2D eigenvalue weighted by Gasteiger charge is 2.33. The molecule has 37 heavy (non-hydrogen) atoms. The summed E-state index contributed by atoms with van der Waals surface area (Å²) in [6.45, 7) is 0.361. The summed E-state index contributed by atoms with van der Waals surface area (Å²) in [6, 6.07) is 23.6. The molecule has 8 heteroatoms. The van der Waals surface area contributed by atoms with Crippen LogP contribution in [0.5, 0.6) is 11.5 Å². The molecule has 0 saturated carbocycles. The highest BCUT2D eigenvalue weighted by molar-refractivity contribution is 5.94. The fourth-order valence-electron chi connectivity index (χ4n) is 4.75. The van der Waals surface area contributed by atoms with E-state index in [0.717, 1.165) is 22.5 Å². The van der Waals surface area contributed by atoms with Gasteiger partial charge in [0.25, 0.3) is 0 Å². The first kappa shape index (κ1) is 24.0. The SMILES string of the molecule is COC(=O)c1cccc(NC(=O)N2Cc3ccccc3-n3cccc3[C@H]2c2ccc(OC)c(OC)c2)c1. The van der Waals surface area contributed by atoms with Gasteiger partial charge in [-0.15, -0.1) is 0 Å². The van der Waals surface area contributed by atoms with E-state index in [1.807, 2.05) is 60.8 Å². The van der Waals surface area contributed by atoms with Gasteiger partial charge in [0.05, 0.1) is 45.2 Å². The third-order valence-electron chi connectivity index (χ3n) is 6.48. The minimum absolute atomic E-state index is 0.314. The molecule has 0 aliphatic carbocycles. The molecule has 0 saturated heterocycles. The number of nitrogens with one attached hydrogen (secondary N) is 1. The van der Waals surface area contributed by atoms with E-state index < -0.39 is 12.0 Å². The Balaban J connectivity index is 1.61. The summed E-state index contributed by atoms with van der Waals surface area (Å²) < 4.78 is 18.0. The number of hydrogen-bond donors (Lipinski definition) is 1. The number of methoxy groups -OCH3 is 3. The maximum Gasteiger partial charge on any atom is 0.337 e. The Bertz CT molecular complexity index is 1460. The van der Waals surface area contributed by atoms with E-state index in [9.17, 15) is 9.59 Å². The first-order valence-electron chi connectivity index (χ1n) is 11.8. The van der Waals surface area contributed by atoms with Crippen LogP contribution in [0, 0.1) is 0 Å². The molecule has 5 rings (SSSR count). The average molecular weight is 498 g/mol. The van der Waals surface area contributed by atoms with Crippen molar-refractivity contribution in [3.63, 3.8) is 0 Å². The summed E-state index contributed by atoms with van der Waals surface area (Å²) in [7, 11) is 4.50. The van der Waals surface area contributed by atoms with E-state index in [1.165, 1.54) is 7.11 Å². The molecule has 3 aromatic carbocycles. The monoisotopic (exact) mass is 497 g/mol. The third kappa shape index (κ3) is 4.49. The van der Waals surface area contributed by atoms with Crippen LogP contribution in [-0.2, 0) is 11.3 Å². The summed E-state index contributed by atoms with van der Waals surface area (Å²) in [5.41, 5.74) is 4.65. The summed E-state index contributed by atoms with van der Waals surface area (Å²) >= 11 is 0. The number of carbonyl (C=O) groups excluding carboxylic acids is 2. The molecule has 8 nitrogen and oxygen atoms in total. The fourth-order valence-corrected chi connectivity index (χ4v) is 4.75. The number of amides is 2. The number of benzene rings is 3. The van der Waals surface area contributed by atoms with Gasteiger partial charge in [0.1, 0.15) is 0 Å². The van der Waals surface area contributed by atoms with Crippen LogP contribution in [0.4, 0.5) is 10.5 Å². The number of fused-ring (bicyclic) bond motifs is 3. The molecule has 0 unspecified atom stereocenters. The Hall–Kier alpha value is -4.72. The van der Waals surface area contributed by atoms with Gasteiger partial charge in [-0.25, -0.2) is 9.59 Å². The van der Waals surface area contributed by atoms with Crippen molar-refractivity contribution in [2.75, 3.05) is 26.6 Å². The standard InChI is InChI=1S/C29H27N3O5/c1-35-25-14-13-19(17-26(25)36-2)27-24-12-7-15-31(24)23-11-5-4-8-21(23)18-32(27)29(34)30-22-10-6-9-20(16-22)28(33)37-3/h4-17,27H,18H2,1-3H3,(H,30,34)/t27-/m1/s1. The van der Waals surface area contributed by atoms with Crippen LogP contribution in [0.2, 0.25) is 0 Å². The highest BCUT2D eigenvalue weighted by Crippen LogP contribution is 2.39. The van der Waals surface area contributed by atoms with Crippen molar-refractivity contribution in [2.45, 2.75) is 12.6 Å². The van der Waals surface area contributed by atoms with Crippen LogP contribution in [0.1, 0.15) is 33.2 Å². The minimum Gasteiger partial charge on any atom is -0.493 e. The number of hydrogen-bond acceptors (Lipinski definition) is 5. The Morgan fingerprint density at radius 1 is 0.865 bits per heavy atom. The van der Waals surface area contributed by atoms with E-state index in [2.05, 4.69) is 9.88 Å². The number of anilines is 1. The van der Waals surface area contributed by atoms with E-state index in [-0.39, 0.29) is 6.03 Å². The number of para-hydroxylation sites is 1. The molecule has 0 radical (unpaired) electrons. The van der Waals surface area contributed by atoms with E-state index in [4.69, 9.17) is 14.2 Å². The lowest BCUT2D eigenvalue weighted by atomic mass is 10.0. The second-order valence-electron chi connectivity index (χ2n) is 8.58. The number of carbonyl (C=O) groups is 2. The van der Waals surface area contributed by atoms with E-state index in [0.29, 0.717) is 29.3 Å². The van der Waals surface area contributed by atoms with Crippen LogP contribution < -0.4 is 14.8 Å². The van der Waals surface area contributed by atoms with E-state index >= 15 is 0 Å². The number of aromatic nitrogens is 1. The maximum absolute atomic E-state index is 13.9. The first-order chi connectivity index (χ1) is 18.0. The van der Waals surface area contributed by atoms with Crippen molar-refractivity contribution < 1.29 is 23.8 Å². The number of urea groups is 1. The van der Waals surface area contributed by atoms with Gasteiger partial charge in [-0.1, -0.05) is 30.3 Å². The number of rotatable bonds is 5. The maximum atomic E-state index is 13.9. The molecule has 1 atom stereocenters. The van der Waals surface area contributed by atoms with Gasteiger partial charge < -0.3 is 29.0 Å². The van der Waals surface area contributed by atoms with Gasteiger partial charge in [0.15, 0.2) is 11.5 Å². The predicted molar refractivity (Wildman–Crippen MR) is 140 cm³/mol. The topological polar surface area (TPSA) is 82.0 Å². The largest absolute Gasteiger partial charge is 0.493 e. The lowest BCUT2D eigenvalue weighted by Crippen LogP contribution is -2.38. The highest BCUT2D eigenvalue weighted by atomic mass is 16.5. The van der Waals surface area contributed by atoms with Crippen molar-refractivity contribution in [3.05, 3.63) is 107 Å². The summed E-state index contributed by atoms with van der Waals surface area (Å²) in [5.74, 6) is 0.709. The quantitative estimate of drug-likeness (QED) is 0.373. The molecule has 2 heterocycles. The molecule has 4 aromatic rings. The molecule has 0 fully saturated rings.